The van der Waals surface area contributed by atoms with Crippen LogP contribution in [-0.2, 0) is 15.1 Å². The summed E-state index contributed by atoms with van der Waals surface area (Å²) in [4.78, 5) is 22.0. The molecule has 1 aromatic rings. The van der Waals surface area contributed by atoms with Crippen molar-refractivity contribution in [2.24, 2.45) is 0 Å². The molecule has 2 rings (SSSR count). The van der Waals surface area contributed by atoms with Gasteiger partial charge in [-0.3, -0.25) is 9.59 Å². The van der Waals surface area contributed by atoms with E-state index in [0.29, 0.717) is 0 Å². The van der Waals surface area contributed by atoms with Crippen LogP contribution in [0.5, 0.6) is 0 Å². The molecule has 4 heteroatoms. The number of carboxylic acids is 1. The van der Waals surface area contributed by atoms with Crippen LogP contribution in [-0.4, -0.2) is 17.0 Å². The van der Waals surface area contributed by atoms with E-state index in [4.69, 9.17) is 5.11 Å². The molecule has 1 aliphatic carbocycles. The first-order chi connectivity index (χ1) is 8.12. The molecule has 1 amide bonds. The maximum absolute atomic E-state index is 11.6. The monoisotopic (exact) mass is 233 g/mol. The third kappa shape index (κ3) is 2.84. The van der Waals surface area contributed by atoms with Crippen molar-refractivity contribution in [1.82, 2.24) is 5.32 Å². The molecule has 0 spiro atoms. The molecule has 2 N–H and O–H groups in total. The molecule has 90 valence electrons. The number of carbonyl (C=O) groups is 2. The molecule has 0 saturated heterocycles. The Morgan fingerprint density at radius 1 is 1.18 bits per heavy atom. The molecule has 1 aromatic carbocycles. The zero-order valence-electron chi connectivity index (χ0n) is 9.48. The number of nitrogens with one attached hydrogen (secondary N) is 1. The van der Waals surface area contributed by atoms with E-state index in [2.05, 4.69) is 5.32 Å². The second kappa shape index (κ2) is 4.57. The van der Waals surface area contributed by atoms with Crippen LogP contribution in [0.1, 0.15) is 31.2 Å². The van der Waals surface area contributed by atoms with Gasteiger partial charge in [0.25, 0.3) is 0 Å². The molecule has 0 radical (unpaired) electrons. The Bertz CT molecular complexity index is 424. The maximum atomic E-state index is 11.6. The predicted molar refractivity (Wildman–Crippen MR) is 62.4 cm³/mol. The average Bonchev–Trinajstić information content (AvgIpc) is 3.09. The Morgan fingerprint density at radius 2 is 1.82 bits per heavy atom. The van der Waals surface area contributed by atoms with Gasteiger partial charge in [-0.25, -0.2) is 0 Å². The first-order valence-electron chi connectivity index (χ1n) is 5.71. The summed E-state index contributed by atoms with van der Waals surface area (Å²) in [5, 5.41) is 11.5. The SMILES string of the molecule is O=C(O)CCC(=O)NC1(c2ccccc2)CC1. The van der Waals surface area contributed by atoms with Gasteiger partial charge >= 0.3 is 5.97 Å². The molecule has 17 heavy (non-hydrogen) atoms. The third-order valence-corrected chi connectivity index (χ3v) is 3.02. The molecule has 0 heterocycles. The number of benzene rings is 1. The molecule has 0 atom stereocenters. The first-order valence-corrected chi connectivity index (χ1v) is 5.71. The van der Waals surface area contributed by atoms with Gasteiger partial charge in [-0.05, 0) is 18.4 Å². The van der Waals surface area contributed by atoms with Crippen molar-refractivity contribution in [3.8, 4) is 0 Å². The molecular weight excluding hydrogens is 218 g/mol. The minimum Gasteiger partial charge on any atom is -0.481 e. The molecule has 0 aliphatic heterocycles. The van der Waals surface area contributed by atoms with E-state index in [1.807, 2.05) is 30.3 Å². The second-order valence-electron chi connectivity index (χ2n) is 4.39. The fourth-order valence-electron chi connectivity index (χ4n) is 1.92. The highest BCUT2D eigenvalue weighted by molar-refractivity contribution is 5.81. The molecular formula is C13H15NO3. The van der Waals surface area contributed by atoms with Gasteiger partial charge in [0.1, 0.15) is 0 Å². The van der Waals surface area contributed by atoms with Crippen molar-refractivity contribution in [2.75, 3.05) is 0 Å². The minimum absolute atomic E-state index is 0.0456. The summed E-state index contributed by atoms with van der Waals surface area (Å²) in [6.45, 7) is 0. The number of aliphatic carboxylic acids is 1. The van der Waals surface area contributed by atoms with Gasteiger partial charge in [0.2, 0.25) is 5.91 Å². The van der Waals surface area contributed by atoms with E-state index < -0.39 is 5.97 Å². The van der Waals surface area contributed by atoms with Crippen molar-refractivity contribution in [3.63, 3.8) is 0 Å². The molecule has 1 aliphatic rings. The van der Waals surface area contributed by atoms with Crippen LogP contribution in [0.4, 0.5) is 0 Å². The Balaban J connectivity index is 1.95. The molecule has 0 aromatic heterocycles. The van der Waals surface area contributed by atoms with E-state index >= 15 is 0 Å². The maximum Gasteiger partial charge on any atom is 0.303 e. The van der Waals surface area contributed by atoms with Crippen molar-refractivity contribution in [2.45, 2.75) is 31.2 Å². The third-order valence-electron chi connectivity index (χ3n) is 3.02. The van der Waals surface area contributed by atoms with E-state index in [1.54, 1.807) is 0 Å². The van der Waals surface area contributed by atoms with Gasteiger partial charge in [-0.2, -0.15) is 0 Å². The number of hydrogen-bond donors (Lipinski definition) is 2. The van der Waals surface area contributed by atoms with Crippen molar-refractivity contribution >= 4 is 11.9 Å². The van der Waals surface area contributed by atoms with Crippen LogP contribution in [0.3, 0.4) is 0 Å². The summed E-state index contributed by atoms with van der Waals surface area (Å²) in [5.74, 6) is -1.13. The van der Waals surface area contributed by atoms with Crippen molar-refractivity contribution in [1.29, 1.82) is 0 Å². The Morgan fingerprint density at radius 3 is 2.35 bits per heavy atom. The van der Waals surface area contributed by atoms with Gasteiger partial charge < -0.3 is 10.4 Å². The number of carbonyl (C=O) groups excluding carboxylic acids is 1. The second-order valence-corrected chi connectivity index (χ2v) is 4.39. The predicted octanol–water partition coefficient (Wildman–Crippen LogP) is 1.66. The van der Waals surface area contributed by atoms with Gasteiger partial charge in [-0.1, -0.05) is 30.3 Å². The molecule has 4 nitrogen and oxygen atoms in total. The average molecular weight is 233 g/mol. The van der Waals surface area contributed by atoms with Crippen LogP contribution in [0.15, 0.2) is 30.3 Å². The summed E-state index contributed by atoms with van der Waals surface area (Å²) in [6, 6.07) is 9.80. The summed E-state index contributed by atoms with van der Waals surface area (Å²) in [5.41, 5.74) is 0.861. The van der Waals surface area contributed by atoms with Crippen LogP contribution >= 0.6 is 0 Å². The molecule has 0 bridgehead atoms. The highest BCUT2D eigenvalue weighted by Gasteiger charge is 2.45. The number of hydrogen-bond acceptors (Lipinski definition) is 2. The molecule has 0 unspecified atom stereocenters. The van der Waals surface area contributed by atoms with Crippen LogP contribution in [0.2, 0.25) is 0 Å². The van der Waals surface area contributed by atoms with Crippen molar-refractivity contribution in [3.05, 3.63) is 35.9 Å². The lowest BCUT2D eigenvalue weighted by atomic mass is 10.0. The Labute approximate surface area is 99.6 Å². The van der Waals surface area contributed by atoms with Crippen LogP contribution in [0.25, 0.3) is 0 Å². The number of carboxylic acid groups (broad SMARTS) is 1. The summed E-state index contributed by atoms with van der Waals surface area (Å²) >= 11 is 0. The minimum atomic E-state index is -0.940. The van der Waals surface area contributed by atoms with Gasteiger partial charge in [0.05, 0.1) is 12.0 Å². The Hall–Kier alpha value is -1.84. The highest BCUT2D eigenvalue weighted by Crippen LogP contribution is 2.45. The van der Waals surface area contributed by atoms with E-state index in [1.165, 1.54) is 0 Å². The molecule has 1 fully saturated rings. The van der Waals surface area contributed by atoms with Gasteiger partial charge in [-0.15, -0.1) is 0 Å². The van der Waals surface area contributed by atoms with Crippen molar-refractivity contribution < 1.29 is 14.7 Å². The topological polar surface area (TPSA) is 66.4 Å². The highest BCUT2D eigenvalue weighted by atomic mass is 16.4. The summed E-state index contributed by atoms with van der Waals surface area (Å²) in [6.07, 6.45) is 1.78. The van der Waals surface area contributed by atoms with E-state index in [9.17, 15) is 9.59 Å². The fourth-order valence-corrected chi connectivity index (χ4v) is 1.92. The summed E-state index contributed by atoms with van der Waals surface area (Å²) in [7, 11) is 0. The van der Waals surface area contributed by atoms with Crippen LogP contribution < -0.4 is 5.32 Å². The smallest absolute Gasteiger partial charge is 0.303 e. The quantitative estimate of drug-likeness (QED) is 0.812. The van der Waals surface area contributed by atoms with E-state index in [0.717, 1.165) is 18.4 Å². The Kier molecular flexibility index (Phi) is 3.13. The summed E-state index contributed by atoms with van der Waals surface area (Å²) < 4.78 is 0. The van der Waals surface area contributed by atoms with Crippen LogP contribution in [0, 0.1) is 0 Å². The molecule has 1 saturated carbocycles. The number of amides is 1. The lowest BCUT2D eigenvalue weighted by Crippen LogP contribution is -2.34. The fraction of sp³-hybridized carbons (Fsp3) is 0.385. The lowest BCUT2D eigenvalue weighted by Gasteiger charge is -2.17. The zero-order chi connectivity index (χ0) is 12.3. The standard InChI is InChI=1S/C13H15NO3/c15-11(6-7-12(16)17)14-13(8-9-13)10-4-2-1-3-5-10/h1-5H,6-9H2,(H,14,15)(H,16,17). The lowest BCUT2D eigenvalue weighted by molar-refractivity contribution is -0.139. The van der Waals surface area contributed by atoms with Gasteiger partial charge in [0, 0.05) is 6.42 Å². The van der Waals surface area contributed by atoms with Gasteiger partial charge in [0.15, 0.2) is 0 Å². The first kappa shape index (κ1) is 11.6. The normalized spacial score (nSPS) is 16.2. The van der Waals surface area contributed by atoms with E-state index in [-0.39, 0.29) is 24.3 Å². The largest absolute Gasteiger partial charge is 0.481 e. The zero-order valence-corrected chi connectivity index (χ0v) is 9.48. The number of rotatable bonds is 5.